The molecule has 0 aromatic rings. The van der Waals surface area contributed by atoms with Gasteiger partial charge in [0, 0.05) is 5.31 Å². The molecule has 0 N–H and O–H groups in total. The molecule has 1 saturated heterocycles. The first-order chi connectivity index (χ1) is 11.8. The summed E-state index contributed by atoms with van der Waals surface area (Å²) in [6.07, 6.45) is 17.6. The summed E-state index contributed by atoms with van der Waals surface area (Å²) in [6.45, 7) is 8.84. The molecule has 0 bridgehead atoms. The lowest BCUT2D eigenvalue weighted by molar-refractivity contribution is 0.00578. The van der Waals surface area contributed by atoms with Crippen LogP contribution in [0.25, 0.3) is 0 Å². The SMILES string of the molecule is CC1(C)OB(C2(C3CCCCC3)CC(C3=CCCCC3)C2)OC1(C)C. The van der Waals surface area contributed by atoms with Gasteiger partial charge in [-0.2, -0.15) is 0 Å². The maximum atomic E-state index is 6.62. The van der Waals surface area contributed by atoms with Gasteiger partial charge in [-0.25, -0.2) is 0 Å². The van der Waals surface area contributed by atoms with Gasteiger partial charge in [-0.1, -0.05) is 43.8 Å². The Kier molecular flexibility index (Phi) is 4.64. The van der Waals surface area contributed by atoms with E-state index in [4.69, 9.17) is 9.31 Å². The summed E-state index contributed by atoms with van der Waals surface area (Å²) in [5.74, 6) is 1.61. The summed E-state index contributed by atoms with van der Waals surface area (Å²) in [5.41, 5.74) is 1.36. The molecule has 2 nitrogen and oxygen atoms in total. The monoisotopic (exact) mass is 344 g/mol. The van der Waals surface area contributed by atoms with Gasteiger partial charge in [0.2, 0.25) is 0 Å². The highest BCUT2D eigenvalue weighted by atomic mass is 16.7. The van der Waals surface area contributed by atoms with E-state index < -0.39 is 0 Å². The van der Waals surface area contributed by atoms with Gasteiger partial charge in [-0.15, -0.1) is 0 Å². The summed E-state index contributed by atoms with van der Waals surface area (Å²) in [7, 11) is 0.000963. The highest BCUT2D eigenvalue weighted by Crippen LogP contribution is 2.67. The van der Waals surface area contributed by atoms with Crippen LogP contribution in [0.15, 0.2) is 11.6 Å². The minimum atomic E-state index is -0.200. The molecule has 0 atom stereocenters. The molecule has 0 unspecified atom stereocenters. The van der Waals surface area contributed by atoms with Gasteiger partial charge in [0.15, 0.2) is 0 Å². The van der Waals surface area contributed by atoms with E-state index in [2.05, 4.69) is 33.8 Å². The predicted molar refractivity (Wildman–Crippen MR) is 105 cm³/mol. The number of allylic oxidation sites excluding steroid dienone is 2. The van der Waals surface area contributed by atoms with Crippen LogP contribution >= 0.6 is 0 Å². The topological polar surface area (TPSA) is 18.5 Å². The zero-order valence-corrected chi connectivity index (χ0v) is 16.9. The second kappa shape index (κ2) is 6.41. The molecule has 140 valence electrons. The van der Waals surface area contributed by atoms with Crippen molar-refractivity contribution in [2.45, 2.75) is 115 Å². The fraction of sp³-hybridized carbons (Fsp3) is 0.909. The number of hydrogen-bond donors (Lipinski definition) is 0. The second-order valence-corrected chi connectivity index (χ2v) is 10.3. The van der Waals surface area contributed by atoms with Crippen LogP contribution in [0.5, 0.6) is 0 Å². The molecule has 3 heteroatoms. The molecule has 0 amide bonds. The highest BCUT2D eigenvalue weighted by Gasteiger charge is 2.65. The Morgan fingerprint density at radius 1 is 0.880 bits per heavy atom. The van der Waals surface area contributed by atoms with Gasteiger partial charge in [0.25, 0.3) is 0 Å². The van der Waals surface area contributed by atoms with Crippen LogP contribution in [-0.2, 0) is 9.31 Å². The van der Waals surface area contributed by atoms with Gasteiger partial charge < -0.3 is 9.31 Å². The first-order valence-corrected chi connectivity index (χ1v) is 10.9. The van der Waals surface area contributed by atoms with Gasteiger partial charge in [-0.05, 0) is 78.1 Å². The van der Waals surface area contributed by atoms with Crippen molar-refractivity contribution in [1.82, 2.24) is 0 Å². The molecule has 2 saturated carbocycles. The Balaban J connectivity index is 1.55. The number of hydrogen-bond acceptors (Lipinski definition) is 2. The lowest BCUT2D eigenvalue weighted by Gasteiger charge is -2.55. The summed E-state index contributed by atoms with van der Waals surface area (Å²) in [6, 6.07) is 0. The highest BCUT2D eigenvalue weighted by molar-refractivity contribution is 6.50. The van der Waals surface area contributed by atoms with Crippen molar-refractivity contribution in [2.24, 2.45) is 11.8 Å². The fourth-order valence-corrected chi connectivity index (χ4v) is 5.83. The van der Waals surface area contributed by atoms with Crippen molar-refractivity contribution >= 4 is 7.12 Å². The van der Waals surface area contributed by atoms with Gasteiger partial charge >= 0.3 is 7.12 Å². The quantitative estimate of drug-likeness (QED) is 0.441. The fourth-order valence-electron chi connectivity index (χ4n) is 5.83. The molecule has 0 spiro atoms. The Labute approximate surface area is 155 Å². The van der Waals surface area contributed by atoms with Crippen LogP contribution in [-0.4, -0.2) is 18.3 Å². The maximum absolute atomic E-state index is 6.62. The Morgan fingerprint density at radius 2 is 1.52 bits per heavy atom. The maximum Gasteiger partial charge on any atom is 0.464 e. The molecular weight excluding hydrogens is 307 g/mol. The van der Waals surface area contributed by atoms with E-state index in [0.717, 1.165) is 11.8 Å². The summed E-state index contributed by atoms with van der Waals surface area (Å²) in [5, 5.41) is 0.272. The molecule has 3 aliphatic carbocycles. The molecule has 4 rings (SSSR count). The van der Waals surface area contributed by atoms with Crippen LogP contribution in [0.2, 0.25) is 5.31 Å². The van der Waals surface area contributed by atoms with Crippen LogP contribution in [0.1, 0.15) is 98.3 Å². The minimum absolute atomic E-state index is 0.000963. The van der Waals surface area contributed by atoms with Gasteiger partial charge in [0.1, 0.15) is 0 Å². The average molecular weight is 344 g/mol. The lowest BCUT2D eigenvalue weighted by atomic mass is 9.37. The third-order valence-electron chi connectivity index (χ3n) is 8.24. The van der Waals surface area contributed by atoms with E-state index >= 15 is 0 Å². The third-order valence-corrected chi connectivity index (χ3v) is 8.24. The Morgan fingerprint density at radius 3 is 2.08 bits per heavy atom. The largest absolute Gasteiger partial charge is 0.464 e. The standard InChI is InChI=1S/C22H37BO2/c1-20(2)21(3,4)25-23(24-20)22(19-13-9-6-10-14-19)15-18(16-22)17-11-7-5-8-12-17/h11,18-19H,5-10,12-16H2,1-4H3. The second-order valence-electron chi connectivity index (χ2n) is 10.3. The minimum Gasteiger partial charge on any atom is -0.403 e. The van der Waals surface area contributed by atoms with Gasteiger partial charge in [-0.3, -0.25) is 0 Å². The average Bonchev–Trinajstić information content (AvgIpc) is 2.76. The molecule has 1 aliphatic heterocycles. The van der Waals surface area contributed by atoms with Gasteiger partial charge in [0.05, 0.1) is 11.2 Å². The number of rotatable bonds is 3. The molecule has 0 radical (unpaired) electrons. The molecule has 25 heavy (non-hydrogen) atoms. The van der Waals surface area contributed by atoms with Crippen LogP contribution in [0, 0.1) is 11.8 Å². The lowest BCUT2D eigenvalue weighted by Crippen LogP contribution is -2.51. The first-order valence-electron chi connectivity index (χ1n) is 10.9. The van der Waals surface area contributed by atoms with E-state index in [0.29, 0.717) is 0 Å². The summed E-state index contributed by atoms with van der Waals surface area (Å²) >= 11 is 0. The van der Waals surface area contributed by atoms with E-state index in [9.17, 15) is 0 Å². The van der Waals surface area contributed by atoms with E-state index in [1.54, 1.807) is 5.57 Å². The van der Waals surface area contributed by atoms with Crippen molar-refractivity contribution in [3.05, 3.63) is 11.6 Å². The Bertz CT molecular complexity index is 508. The summed E-state index contributed by atoms with van der Waals surface area (Å²) < 4.78 is 13.2. The van der Waals surface area contributed by atoms with E-state index in [-0.39, 0.29) is 23.6 Å². The molecule has 3 fully saturated rings. The predicted octanol–water partition coefficient (Wildman–Crippen LogP) is 6.31. The smallest absolute Gasteiger partial charge is 0.403 e. The molecule has 0 aromatic heterocycles. The van der Waals surface area contributed by atoms with Crippen LogP contribution in [0.3, 0.4) is 0 Å². The molecule has 1 heterocycles. The van der Waals surface area contributed by atoms with E-state index in [1.807, 2.05) is 0 Å². The van der Waals surface area contributed by atoms with Crippen molar-refractivity contribution in [1.29, 1.82) is 0 Å². The third kappa shape index (κ3) is 3.04. The van der Waals surface area contributed by atoms with E-state index in [1.165, 1.54) is 70.6 Å². The molecular formula is C22H37BO2. The summed E-state index contributed by atoms with van der Waals surface area (Å²) in [4.78, 5) is 0. The zero-order chi connectivity index (χ0) is 17.7. The van der Waals surface area contributed by atoms with Crippen molar-refractivity contribution < 1.29 is 9.31 Å². The van der Waals surface area contributed by atoms with Crippen molar-refractivity contribution in [3.63, 3.8) is 0 Å². The van der Waals surface area contributed by atoms with Crippen molar-refractivity contribution in [2.75, 3.05) is 0 Å². The zero-order valence-electron chi connectivity index (χ0n) is 16.9. The van der Waals surface area contributed by atoms with Crippen LogP contribution in [0.4, 0.5) is 0 Å². The first kappa shape index (κ1) is 18.1. The normalized spacial score (nSPS) is 38.3. The molecule has 0 aromatic carbocycles. The van der Waals surface area contributed by atoms with Crippen LogP contribution < -0.4 is 0 Å². The molecule has 4 aliphatic rings. The Hall–Kier alpha value is -0.275. The van der Waals surface area contributed by atoms with Crippen molar-refractivity contribution in [3.8, 4) is 0 Å².